The molecule has 0 spiro atoms. The smallest absolute Gasteiger partial charge is 0.274 e. The lowest BCUT2D eigenvalue weighted by molar-refractivity contribution is 0.102. The molecule has 0 saturated carbocycles. The second-order valence-electron chi connectivity index (χ2n) is 3.99. The highest BCUT2D eigenvalue weighted by molar-refractivity contribution is 6.03. The molecule has 5 nitrogen and oxygen atoms in total. The molecular weight excluding hydrogens is 247 g/mol. The van der Waals surface area contributed by atoms with Crippen LogP contribution in [0.15, 0.2) is 36.5 Å². The van der Waals surface area contributed by atoms with Gasteiger partial charge in [-0.2, -0.15) is 0 Å². The van der Waals surface area contributed by atoms with Crippen molar-refractivity contribution in [3.8, 4) is 0 Å². The molecule has 0 fully saturated rings. The van der Waals surface area contributed by atoms with Crippen molar-refractivity contribution in [1.82, 2.24) is 4.98 Å². The van der Waals surface area contributed by atoms with Gasteiger partial charge < -0.3 is 10.7 Å². The SMILES string of the molecule is Cc1cc(F)ccc1NC(=O)c1ccc(NN)cn1. The van der Waals surface area contributed by atoms with Crippen LogP contribution in [0.25, 0.3) is 0 Å². The number of hydrogen-bond donors (Lipinski definition) is 3. The van der Waals surface area contributed by atoms with Gasteiger partial charge in [0.2, 0.25) is 0 Å². The summed E-state index contributed by atoms with van der Waals surface area (Å²) in [6.45, 7) is 1.72. The number of nitrogen functional groups attached to an aromatic ring is 1. The van der Waals surface area contributed by atoms with E-state index in [4.69, 9.17) is 5.84 Å². The first kappa shape index (κ1) is 13.0. The minimum atomic E-state index is -0.363. The van der Waals surface area contributed by atoms with Crippen molar-refractivity contribution in [2.75, 3.05) is 10.7 Å². The Bertz CT molecular complexity index is 598. The number of amides is 1. The normalized spacial score (nSPS) is 10.1. The maximum absolute atomic E-state index is 12.9. The number of aryl methyl sites for hydroxylation is 1. The van der Waals surface area contributed by atoms with Crippen molar-refractivity contribution in [2.24, 2.45) is 5.84 Å². The lowest BCUT2D eigenvalue weighted by Crippen LogP contribution is -2.15. The molecule has 1 aromatic heterocycles. The van der Waals surface area contributed by atoms with E-state index in [-0.39, 0.29) is 17.4 Å². The number of nitrogens with two attached hydrogens (primary N) is 1. The molecule has 2 rings (SSSR count). The number of pyridine rings is 1. The topological polar surface area (TPSA) is 80.0 Å². The van der Waals surface area contributed by atoms with Gasteiger partial charge in [-0.15, -0.1) is 0 Å². The molecule has 1 amide bonds. The van der Waals surface area contributed by atoms with E-state index in [1.54, 1.807) is 19.1 Å². The number of carbonyl (C=O) groups excluding carboxylic acids is 1. The summed E-state index contributed by atoms with van der Waals surface area (Å²) in [6.07, 6.45) is 1.45. The van der Waals surface area contributed by atoms with E-state index < -0.39 is 0 Å². The van der Waals surface area contributed by atoms with Crippen LogP contribution in [0, 0.1) is 12.7 Å². The van der Waals surface area contributed by atoms with Crippen molar-refractivity contribution < 1.29 is 9.18 Å². The Labute approximate surface area is 109 Å². The van der Waals surface area contributed by atoms with Crippen LogP contribution in [0.5, 0.6) is 0 Å². The molecule has 6 heteroatoms. The summed E-state index contributed by atoms with van der Waals surface area (Å²) in [7, 11) is 0. The molecule has 1 heterocycles. The molecule has 0 bridgehead atoms. The van der Waals surface area contributed by atoms with Crippen LogP contribution in [-0.4, -0.2) is 10.9 Å². The highest BCUT2D eigenvalue weighted by atomic mass is 19.1. The minimum Gasteiger partial charge on any atom is -0.323 e. The van der Waals surface area contributed by atoms with Crippen LogP contribution in [0.4, 0.5) is 15.8 Å². The average molecular weight is 260 g/mol. The first-order valence-electron chi connectivity index (χ1n) is 5.60. The number of carbonyl (C=O) groups is 1. The molecule has 0 aliphatic heterocycles. The number of aromatic nitrogens is 1. The summed E-state index contributed by atoms with van der Waals surface area (Å²) in [5, 5.41) is 2.67. The van der Waals surface area contributed by atoms with Gasteiger partial charge in [-0.25, -0.2) is 9.37 Å². The zero-order chi connectivity index (χ0) is 13.8. The van der Waals surface area contributed by atoms with E-state index in [1.807, 2.05) is 0 Å². The molecule has 1 aromatic carbocycles. The Hall–Kier alpha value is -2.47. The number of rotatable bonds is 3. The van der Waals surface area contributed by atoms with Crippen molar-refractivity contribution in [3.63, 3.8) is 0 Å². The number of halogens is 1. The summed E-state index contributed by atoms with van der Waals surface area (Å²) < 4.78 is 12.9. The monoisotopic (exact) mass is 260 g/mol. The van der Waals surface area contributed by atoms with Gasteiger partial charge in [-0.3, -0.25) is 10.6 Å². The van der Waals surface area contributed by atoms with Crippen molar-refractivity contribution in [1.29, 1.82) is 0 Å². The van der Waals surface area contributed by atoms with Gasteiger partial charge in [0.05, 0.1) is 11.9 Å². The molecule has 4 N–H and O–H groups in total. The number of anilines is 2. The average Bonchev–Trinajstić information content (AvgIpc) is 2.42. The predicted octanol–water partition coefficient (Wildman–Crippen LogP) is 2.07. The molecule has 0 aliphatic rings. The van der Waals surface area contributed by atoms with Gasteiger partial charge >= 0.3 is 0 Å². The van der Waals surface area contributed by atoms with Crippen molar-refractivity contribution >= 4 is 17.3 Å². The summed E-state index contributed by atoms with van der Waals surface area (Å²) in [5.74, 6) is 4.50. The quantitative estimate of drug-likeness (QED) is 0.583. The van der Waals surface area contributed by atoms with Gasteiger partial charge in [0.15, 0.2) is 0 Å². The lowest BCUT2D eigenvalue weighted by Gasteiger charge is -2.08. The summed E-state index contributed by atoms with van der Waals surface area (Å²) in [5.41, 5.74) is 4.48. The summed E-state index contributed by atoms with van der Waals surface area (Å²) in [6, 6.07) is 7.34. The highest BCUT2D eigenvalue weighted by Crippen LogP contribution is 2.16. The van der Waals surface area contributed by atoms with E-state index in [0.29, 0.717) is 16.9 Å². The zero-order valence-electron chi connectivity index (χ0n) is 10.3. The van der Waals surface area contributed by atoms with Gasteiger partial charge in [0.25, 0.3) is 5.91 Å². The fraction of sp³-hybridized carbons (Fsp3) is 0.0769. The third-order valence-corrected chi connectivity index (χ3v) is 2.60. The van der Waals surface area contributed by atoms with Gasteiger partial charge in [-0.05, 0) is 42.8 Å². The van der Waals surface area contributed by atoms with Crippen molar-refractivity contribution in [3.05, 3.63) is 53.6 Å². The third kappa shape index (κ3) is 3.05. The maximum atomic E-state index is 12.9. The first-order chi connectivity index (χ1) is 9.10. The molecule has 98 valence electrons. The molecule has 0 radical (unpaired) electrons. The van der Waals surface area contributed by atoms with Gasteiger partial charge in [0, 0.05) is 5.69 Å². The Balaban J connectivity index is 2.15. The van der Waals surface area contributed by atoms with Crippen LogP contribution >= 0.6 is 0 Å². The molecule has 0 atom stereocenters. The Morgan fingerprint density at radius 2 is 2.11 bits per heavy atom. The molecule has 19 heavy (non-hydrogen) atoms. The maximum Gasteiger partial charge on any atom is 0.274 e. The fourth-order valence-corrected chi connectivity index (χ4v) is 1.57. The van der Waals surface area contributed by atoms with Crippen molar-refractivity contribution in [2.45, 2.75) is 6.92 Å². The molecule has 0 aliphatic carbocycles. The number of nitrogens with zero attached hydrogens (tertiary/aromatic N) is 1. The van der Waals surface area contributed by atoms with Crippen LogP contribution in [0.2, 0.25) is 0 Å². The second-order valence-corrected chi connectivity index (χ2v) is 3.99. The Kier molecular flexibility index (Phi) is 3.72. The second kappa shape index (κ2) is 5.45. The minimum absolute atomic E-state index is 0.253. The van der Waals surface area contributed by atoms with E-state index in [2.05, 4.69) is 15.7 Å². The van der Waals surface area contributed by atoms with Crippen LogP contribution < -0.4 is 16.6 Å². The third-order valence-electron chi connectivity index (χ3n) is 2.60. The summed E-state index contributed by atoms with van der Waals surface area (Å²) in [4.78, 5) is 15.9. The molecule has 0 unspecified atom stereocenters. The zero-order valence-corrected chi connectivity index (χ0v) is 10.3. The Morgan fingerprint density at radius 3 is 2.68 bits per heavy atom. The first-order valence-corrected chi connectivity index (χ1v) is 5.60. The van der Waals surface area contributed by atoms with Crippen LogP contribution in [-0.2, 0) is 0 Å². The fourth-order valence-electron chi connectivity index (χ4n) is 1.57. The van der Waals surface area contributed by atoms with E-state index in [1.165, 1.54) is 24.4 Å². The number of nitrogens with one attached hydrogen (secondary N) is 2. The highest BCUT2D eigenvalue weighted by Gasteiger charge is 2.09. The van der Waals surface area contributed by atoms with E-state index in [9.17, 15) is 9.18 Å². The standard InChI is InChI=1S/C13H13FN4O/c1-8-6-9(14)2-4-11(8)17-13(19)12-5-3-10(18-15)7-16-12/h2-7,18H,15H2,1H3,(H,17,19). The van der Waals surface area contributed by atoms with E-state index in [0.717, 1.165) is 0 Å². The van der Waals surface area contributed by atoms with Gasteiger partial charge in [-0.1, -0.05) is 0 Å². The molecule has 0 saturated heterocycles. The van der Waals surface area contributed by atoms with Crippen LogP contribution in [0.1, 0.15) is 16.1 Å². The lowest BCUT2D eigenvalue weighted by atomic mass is 10.2. The number of benzene rings is 1. The largest absolute Gasteiger partial charge is 0.323 e. The Morgan fingerprint density at radius 1 is 1.32 bits per heavy atom. The number of hydrazine groups is 1. The summed E-state index contributed by atoms with van der Waals surface area (Å²) >= 11 is 0. The predicted molar refractivity (Wildman–Crippen MR) is 71.1 cm³/mol. The van der Waals surface area contributed by atoms with Gasteiger partial charge in [0.1, 0.15) is 11.5 Å². The van der Waals surface area contributed by atoms with E-state index >= 15 is 0 Å². The molecular formula is C13H13FN4O. The molecule has 2 aromatic rings. The van der Waals surface area contributed by atoms with Crippen LogP contribution in [0.3, 0.4) is 0 Å². The number of hydrogen-bond acceptors (Lipinski definition) is 4.